The van der Waals surface area contributed by atoms with E-state index in [0.717, 1.165) is 5.56 Å². The van der Waals surface area contributed by atoms with E-state index in [1.54, 1.807) is 25.3 Å². The molecular formula is C11H15N3O3. The summed E-state index contributed by atoms with van der Waals surface area (Å²) in [4.78, 5) is 10.4. The minimum absolute atomic E-state index is 0.563. The Labute approximate surface area is 99.4 Å². The van der Waals surface area contributed by atoms with Gasteiger partial charge in [0.15, 0.2) is 11.5 Å². The van der Waals surface area contributed by atoms with Gasteiger partial charge in [0, 0.05) is 0 Å². The molecule has 17 heavy (non-hydrogen) atoms. The van der Waals surface area contributed by atoms with Gasteiger partial charge < -0.3 is 15.2 Å². The van der Waals surface area contributed by atoms with Crippen LogP contribution >= 0.6 is 0 Å². The van der Waals surface area contributed by atoms with Crippen LogP contribution in [0, 0.1) is 0 Å². The molecule has 6 heteroatoms. The largest absolute Gasteiger partial charge is 0.493 e. The summed E-state index contributed by atoms with van der Waals surface area (Å²) in [5.74, 6) is 1.27. The average molecular weight is 237 g/mol. The number of hydrogen-bond acceptors (Lipinski definition) is 4. The first kappa shape index (κ1) is 12.8. The van der Waals surface area contributed by atoms with Crippen molar-refractivity contribution in [1.29, 1.82) is 0 Å². The van der Waals surface area contributed by atoms with E-state index in [9.17, 15) is 4.79 Å². The van der Waals surface area contributed by atoms with Crippen LogP contribution in [0.4, 0.5) is 4.79 Å². The van der Waals surface area contributed by atoms with E-state index in [-0.39, 0.29) is 0 Å². The standard InChI is InChI=1S/C11H15N3O3/c1-3-17-9-5-4-8(6-10(9)16-2)7-13-14-11(12)15/h4-7H,3H2,1-2H3,(H3,12,14,15)/b13-7-. The van der Waals surface area contributed by atoms with E-state index < -0.39 is 6.03 Å². The van der Waals surface area contributed by atoms with Gasteiger partial charge >= 0.3 is 6.03 Å². The second-order valence-corrected chi connectivity index (χ2v) is 3.08. The molecule has 0 saturated heterocycles. The lowest BCUT2D eigenvalue weighted by molar-refractivity contribution is 0.249. The smallest absolute Gasteiger partial charge is 0.332 e. The molecule has 0 atom stereocenters. The van der Waals surface area contributed by atoms with Crippen molar-refractivity contribution >= 4 is 12.2 Å². The van der Waals surface area contributed by atoms with Gasteiger partial charge in [0.1, 0.15) is 0 Å². The van der Waals surface area contributed by atoms with Crippen LogP contribution in [0.1, 0.15) is 12.5 Å². The molecule has 3 N–H and O–H groups in total. The fraction of sp³-hybridized carbons (Fsp3) is 0.273. The van der Waals surface area contributed by atoms with Crippen LogP contribution in [-0.2, 0) is 0 Å². The number of urea groups is 1. The van der Waals surface area contributed by atoms with Crippen molar-refractivity contribution in [1.82, 2.24) is 5.43 Å². The number of hydrogen-bond donors (Lipinski definition) is 2. The molecule has 0 heterocycles. The van der Waals surface area contributed by atoms with Crippen molar-refractivity contribution in [2.45, 2.75) is 6.92 Å². The van der Waals surface area contributed by atoms with E-state index in [4.69, 9.17) is 15.2 Å². The Morgan fingerprint density at radius 2 is 2.29 bits per heavy atom. The van der Waals surface area contributed by atoms with Crippen LogP contribution in [0.3, 0.4) is 0 Å². The van der Waals surface area contributed by atoms with Gasteiger partial charge in [-0.15, -0.1) is 0 Å². The molecule has 6 nitrogen and oxygen atoms in total. The van der Waals surface area contributed by atoms with E-state index in [1.807, 2.05) is 6.92 Å². The van der Waals surface area contributed by atoms with Crippen LogP contribution < -0.4 is 20.6 Å². The topological polar surface area (TPSA) is 85.9 Å². The van der Waals surface area contributed by atoms with Crippen LogP contribution in [0.15, 0.2) is 23.3 Å². The maximum absolute atomic E-state index is 10.4. The van der Waals surface area contributed by atoms with Gasteiger partial charge in [-0.2, -0.15) is 5.10 Å². The Morgan fingerprint density at radius 1 is 1.53 bits per heavy atom. The maximum Gasteiger partial charge on any atom is 0.332 e. The molecule has 1 aromatic rings. The molecule has 0 aromatic heterocycles. The molecule has 0 fully saturated rings. The summed E-state index contributed by atoms with van der Waals surface area (Å²) in [5.41, 5.74) is 7.74. The second-order valence-electron chi connectivity index (χ2n) is 3.08. The Kier molecular flexibility index (Phi) is 4.80. The van der Waals surface area contributed by atoms with Gasteiger partial charge in [0.05, 0.1) is 19.9 Å². The lowest BCUT2D eigenvalue weighted by Crippen LogP contribution is -2.24. The quantitative estimate of drug-likeness (QED) is 0.593. The molecule has 2 amide bonds. The van der Waals surface area contributed by atoms with Crippen LogP contribution in [0.5, 0.6) is 11.5 Å². The number of carbonyl (C=O) groups is 1. The number of ether oxygens (including phenoxy) is 2. The van der Waals surface area contributed by atoms with E-state index in [1.165, 1.54) is 6.21 Å². The van der Waals surface area contributed by atoms with Crippen molar-refractivity contribution < 1.29 is 14.3 Å². The highest BCUT2D eigenvalue weighted by molar-refractivity contribution is 5.82. The highest BCUT2D eigenvalue weighted by Gasteiger charge is 2.03. The predicted molar refractivity (Wildman–Crippen MR) is 64.5 cm³/mol. The number of hydrazone groups is 1. The first-order valence-electron chi connectivity index (χ1n) is 5.06. The van der Waals surface area contributed by atoms with Gasteiger partial charge in [0.2, 0.25) is 0 Å². The third kappa shape index (κ3) is 4.02. The molecule has 0 aliphatic carbocycles. The van der Waals surface area contributed by atoms with Crippen molar-refractivity contribution in [3.63, 3.8) is 0 Å². The predicted octanol–water partition coefficient (Wildman–Crippen LogP) is 1.10. The zero-order valence-electron chi connectivity index (χ0n) is 9.77. The lowest BCUT2D eigenvalue weighted by Gasteiger charge is -2.09. The monoisotopic (exact) mass is 237 g/mol. The Balaban J connectivity index is 2.81. The molecular weight excluding hydrogens is 222 g/mol. The van der Waals surface area contributed by atoms with E-state index in [2.05, 4.69) is 10.5 Å². The van der Waals surface area contributed by atoms with E-state index >= 15 is 0 Å². The number of primary amides is 1. The van der Waals surface area contributed by atoms with Crippen molar-refractivity contribution in [2.75, 3.05) is 13.7 Å². The second kappa shape index (κ2) is 6.37. The third-order valence-electron chi connectivity index (χ3n) is 1.88. The molecule has 0 radical (unpaired) electrons. The summed E-state index contributed by atoms with van der Waals surface area (Å²) in [7, 11) is 1.56. The summed E-state index contributed by atoms with van der Waals surface area (Å²) >= 11 is 0. The highest BCUT2D eigenvalue weighted by Crippen LogP contribution is 2.27. The minimum Gasteiger partial charge on any atom is -0.493 e. The minimum atomic E-state index is -0.709. The van der Waals surface area contributed by atoms with Crippen molar-refractivity contribution in [3.8, 4) is 11.5 Å². The van der Waals surface area contributed by atoms with Crippen LogP contribution in [-0.4, -0.2) is 26.0 Å². The number of nitrogens with zero attached hydrogens (tertiary/aromatic N) is 1. The number of amides is 2. The molecule has 0 spiro atoms. The molecule has 92 valence electrons. The molecule has 0 aliphatic rings. The van der Waals surface area contributed by atoms with Gasteiger partial charge in [-0.3, -0.25) is 0 Å². The number of methoxy groups -OCH3 is 1. The summed E-state index contributed by atoms with van der Waals surface area (Å²) < 4.78 is 10.5. The van der Waals surface area contributed by atoms with Crippen molar-refractivity contribution in [3.05, 3.63) is 23.8 Å². The number of carbonyl (C=O) groups excluding carboxylic acids is 1. The lowest BCUT2D eigenvalue weighted by atomic mass is 10.2. The van der Waals surface area contributed by atoms with Gasteiger partial charge in [0.25, 0.3) is 0 Å². The molecule has 0 saturated carbocycles. The van der Waals surface area contributed by atoms with Crippen LogP contribution in [0.25, 0.3) is 0 Å². The first-order valence-corrected chi connectivity index (χ1v) is 5.06. The third-order valence-corrected chi connectivity index (χ3v) is 1.88. The fourth-order valence-corrected chi connectivity index (χ4v) is 1.21. The molecule has 0 bridgehead atoms. The molecule has 1 aromatic carbocycles. The molecule has 1 rings (SSSR count). The van der Waals surface area contributed by atoms with Gasteiger partial charge in [-0.25, -0.2) is 10.2 Å². The first-order chi connectivity index (χ1) is 8.17. The zero-order chi connectivity index (χ0) is 12.7. The van der Waals surface area contributed by atoms with Crippen molar-refractivity contribution in [2.24, 2.45) is 10.8 Å². The summed E-state index contributed by atoms with van der Waals surface area (Å²) in [6, 6.07) is 4.60. The average Bonchev–Trinajstić information content (AvgIpc) is 2.30. The maximum atomic E-state index is 10.4. The summed E-state index contributed by atoms with van der Waals surface area (Å²) in [6.45, 7) is 2.46. The van der Waals surface area contributed by atoms with Gasteiger partial charge in [-0.05, 0) is 30.7 Å². The Morgan fingerprint density at radius 3 is 2.88 bits per heavy atom. The zero-order valence-corrected chi connectivity index (χ0v) is 9.77. The fourth-order valence-electron chi connectivity index (χ4n) is 1.21. The number of nitrogens with two attached hydrogens (primary N) is 1. The summed E-state index contributed by atoms with van der Waals surface area (Å²) in [5, 5.41) is 3.65. The normalized spacial score (nSPS) is 10.2. The van der Waals surface area contributed by atoms with Gasteiger partial charge in [-0.1, -0.05) is 0 Å². The van der Waals surface area contributed by atoms with E-state index in [0.29, 0.717) is 18.1 Å². The number of benzene rings is 1. The Hall–Kier alpha value is -2.24. The molecule has 0 aliphatic heterocycles. The molecule has 0 unspecified atom stereocenters. The number of nitrogens with one attached hydrogen (secondary N) is 1. The highest BCUT2D eigenvalue weighted by atomic mass is 16.5. The SMILES string of the molecule is CCOc1ccc(/C=N\NC(N)=O)cc1OC. The Bertz CT molecular complexity index is 418. The summed E-state index contributed by atoms with van der Waals surface area (Å²) in [6.07, 6.45) is 1.46. The van der Waals surface area contributed by atoms with Crippen LogP contribution in [0.2, 0.25) is 0 Å². The number of rotatable bonds is 5.